The first-order valence-corrected chi connectivity index (χ1v) is 11.8. The number of aromatic nitrogens is 1. The number of hydrogen-bond donors (Lipinski definition) is 2. The Hall–Kier alpha value is -0.370. The summed E-state index contributed by atoms with van der Waals surface area (Å²) in [5.74, 6) is -0.176. The first-order valence-electron chi connectivity index (χ1n) is 9.60. The van der Waals surface area contributed by atoms with Crippen molar-refractivity contribution in [3.8, 4) is 0 Å². The molecule has 0 saturated carbocycles. The summed E-state index contributed by atoms with van der Waals surface area (Å²) < 4.78 is 33.2. The number of piperidine rings is 2. The van der Waals surface area contributed by atoms with Crippen LogP contribution in [0.2, 0.25) is 0 Å². The van der Waals surface area contributed by atoms with E-state index >= 15 is 0 Å². The maximum Gasteiger partial charge on any atom is 0.282 e. The van der Waals surface area contributed by atoms with E-state index in [0.717, 1.165) is 11.3 Å². The molecular formula is C19H41N5O3S4. The number of carbonyl (C=O) groups excluding carboxylic acids is 1. The summed E-state index contributed by atoms with van der Waals surface area (Å²) in [6.07, 6.45) is 3.47. The van der Waals surface area contributed by atoms with Crippen molar-refractivity contribution >= 4 is 54.6 Å². The van der Waals surface area contributed by atoms with E-state index in [1.54, 1.807) is 8.61 Å². The zero-order chi connectivity index (χ0) is 19.6. The molecule has 0 unspecified atom stereocenters. The summed E-state index contributed by atoms with van der Waals surface area (Å²) in [6.45, 7) is 5.31. The van der Waals surface area contributed by atoms with Gasteiger partial charge < -0.3 is 11.1 Å². The molecule has 0 aromatic carbocycles. The molecule has 1 aromatic rings. The van der Waals surface area contributed by atoms with Gasteiger partial charge in [-0.1, -0.05) is 21.8 Å². The summed E-state index contributed by atoms with van der Waals surface area (Å²) in [5.41, 5.74) is 6.34. The summed E-state index contributed by atoms with van der Waals surface area (Å²) in [6, 6.07) is 1.71. The van der Waals surface area contributed by atoms with Gasteiger partial charge in [0, 0.05) is 42.6 Å². The minimum Gasteiger partial charge on any atom is -0.348 e. The molecule has 1 amide bonds. The maximum absolute atomic E-state index is 13.0. The van der Waals surface area contributed by atoms with Gasteiger partial charge in [-0.05, 0) is 56.6 Å². The third-order valence-corrected chi connectivity index (χ3v) is 8.49. The molecule has 8 nitrogen and oxygen atoms in total. The number of nitrogens with one attached hydrogen (secondary N) is 1. The highest BCUT2D eigenvalue weighted by atomic mass is 32.2. The van der Waals surface area contributed by atoms with Gasteiger partial charge in [-0.2, -0.15) is 48.4 Å². The van der Waals surface area contributed by atoms with Crippen molar-refractivity contribution in [2.75, 3.05) is 19.6 Å². The lowest BCUT2D eigenvalue weighted by Gasteiger charge is -2.40. The van der Waals surface area contributed by atoms with Crippen molar-refractivity contribution in [3.05, 3.63) is 16.6 Å². The fraction of sp³-hybridized carbons (Fsp3) is 0.789. The van der Waals surface area contributed by atoms with E-state index < -0.39 is 10.2 Å². The van der Waals surface area contributed by atoms with Gasteiger partial charge in [0.05, 0.1) is 0 Å². The molecule has 0 bridgehead atoms. The number of rotatable bonds is 5. The van der Waals surface area contributed by atoms with E-state index in [1.807, 2.05) is 19.9 Å². The topological polar surface area (TPSA) is 109 Å². The van der Waals surface area contributed by atoms with Crippen LogP contribution in [0.25, 0.3) is 0 Å². The van der Waals surface area contributed by atoms with Crippen LogP contribution in [-0.4, -0.2) is 65.1 Å². The molecule has 12 heteroatoms. The Morgan fingerprint density at radius 3 is 2.35 bits per heavy atom. The summed E-state index contributed by atoms with van der Waals surface area (Å²) in [5, 5.41) is 3.01. The first kappa shape index (κ1) is 32.8. The van der Waals surface area contributed by atoms with Crippen LogP contribution in [0.1, 0.15) is 69.7 Å². The molecule has 2 aliphatic rings. The third kappa shape index (κ3) is 7.86. The van der Waals surface area contributed by atoms with E-state index in [4.69, 9.17) is 5.73 Å². The average Bonchev–Trinajstić information content (AvgIpc) is 3.11. The molecule has 0 spiro atoms. The van der Waals surface area contributed by atoms with Gasteiger partial charge in [0.25, 0.3) is 16.1 Å². The number of carbonyl (C=O) groups is 1. The van der Waals surface area contributed by atoms with E-state index in [2.05, 4.69) is 9.69 Å². The normalized spacial score (nSPS) is 22.8. The van der Waals surface area contributed by atoms with Crippen LogP contribution in [0.5, 0.6) is 0 Å². The number of amides is 1. The molecular weight excluding hydrogens is 475 g/mol. The summed E-state index contributed by atoms with van der Waals surface area (Å²) in [4.78, 5) is 13.5. The fourth-order valence-corrected chi connectivity index (χ4v) is 6.22. The Morgan fingerprint density at radius 2 is 1.84 bits per heavy atom. The van der Waals surface area contributed by atoms with E-state index in [-0.39, 0.29) is 65.9 Å². The van der Waals surface area contributed by atoms with Gasteiger partial charge in [-0.15, -0.1) is 0 Å². The van der Waals surface area contributed by atoms with Crippen molar-refractivity contribution < 1.29 is 13.2 Å². The summed E-state index contributed by atoms with van der Waals surface area (Å²) in [7, 11) is -3.47. The van der Waals surface area contributed by atoms with Gasteiger partial charge in [0.2, 0.25) is 0 Å². The molecule has 0 radical (unpaired) electrons. The molecule has 31 heavy (non-hydrogen) atoms. The molecule has 3 heterocycles. The van der Waals surface area contributed by atoms with E-state index in [9.17, 15) is 13.2 Å². The second-order valence-corrected chi connectivity index (χ2v) is 10.2. The molecule has 3 rings (SSSR count). The average molecular weight is 516 g/mol. The minimum atomic E-state index is -3.47. The van der Waals surface area contributed by atoms with Crippen LogP contribution < -0.4 is 11.1 Å². The molecule has 2 aliphatic heterocycles. The standard InChI is InChI=1S/C17H29N5O3S2.2CH4.2H2S/c1-3-15-11-16(20-26-15)17(23)19-14-6-9-22(12(2)10-14)27(24,25)21-7-4-13(18)5-8-21;;;;/h11-14H,3-10,18H2,1-2H3,(H,19,23);2*1H4;2*1H2/t12-,14-;;;;/m0..../s1. The molecule has 0 aliphatic carbocycles. The van der Waals surface area contributed by atoms with Crippen molar-refractivity contribution in [1.29, 1.82) is 0 Å². The number of nitrogens with two attached hydrogens (primary N) is 1. The monoisotopic (exact) mass is 515 g/mol. The maximum atomic E-state index is 13.0. The number of hydrogen-bond acceptors (Lipinski definition) is 6. The Labute approximate surface area is 206 Å². The number of aryl methyl sites for hydroxylation is 1. The SMILES string of the molecule is C.C.CCc1cc(C(=O)N[C@H]2CCN(S(=O)(=O)N3CCC(N)CC3)[C@@H](C)C2)ns1.S.S. The molecule has 2 atom stereocenters. The second kappa shape index (κ2) is 14.0. The van der Waals surface area contributed by atoms with Crippen molar-refractivity contribution in [1.82, 2.24) is 18.3 Å². The summed E-state index contributed by atoms with van der Waals surface area (Å²) >= 11 is 1.35. The van der Waals surface area contributed by atoms with Crippen LogP contribution >= 0.6 is 38.5 Å². The third-order valence-electron chi connectivity index (χ3n) is 5.41. The Morgan fingerprint density at radius 1 is 1.23 bits per heavy atom. The second-order valence-electron chi connectivity index (χ2n) is 7.43. The van der Waals surface area contributed by atoms with Crippen LogP contribution in [0.15, 0.2) is 6.07 Å². The van der Waals surface area contributed by atoms with Gasteiger partial charge in [-0.3, -0.25) is 4.79 Å². The van der Waals surface area contributed by atoms with Gasteiger partial charge in [-0.25, -0.2) is 0 Å². The van der Waals surface area contributed by atoms with Gasteiger partial charge in [0.1, 0.15) is 5.69 Å². The van der Waals surface area contributed by atoms with Crippen LogP contribution in [0.3, 0.4) is 0 Å². The molecule has 2 saturated heterocycles. The quantitative estimate of drug-likeness (QED) is 0.626. The zero-order valence-electron chi connectivity index (χ0n) is 16.9. The Bertz CT molecular complexity index is 766. The smallest absolute Gasteiger partial charge is 0.282 e. The fourth-order valence-electron chi connectivity index (χ4n) is 3.73. The van der Waals surface area contributed by atoms with E-state index in [1.165, 1.54) is 11.5 Å². The van der Waals surface area contributed by atoms with Crippen LogP contribution in [0, 0.1) is 0 Å². The largest absolute Gasteiger partial charge is 0.348 e. The first-order chi connectivity index (χ1) is 12.8. The van der Waals surface area contributed by atoms with Gasteiger partial charge in [0.15, 0.2) is 0 Å². The molecule has 184 valence electrons. The minimum absolute atomic E-state index is 0. The van der Waals surface area contributed by atoms with Gasteiger partial charge >= 0.3 is 0 Å². The van der Waals surface area contributed by atoms with Crippen molar-refractivity contribution in [3.63, 3.8) is 0 Å². The Balaban J connectivity index is 0. The van der Waals surface area contributed by atoms with E-state index in [0.29, 0.717) is 51.0 Å². The van der Waals surface area contributed by atoms with Crippen LogP contribution in [0.4, 0.5) is 0 Å². The van der Waals surface area contributed by atoms with Crippen molar-refractivity contribution in [2.45, 2.75) is 78.9 Å². The highest BCUT2D eigenvalue weighted by Crippen LogP contribution is 2.25. The predicted octanol–water partition coefficient (Wildman–Crippen LogP) is 2.45. The zero-order valence-corrected chi connectivity index (χ0v) is 20.6. The lowest BCUT2D eigenvalue weighted by Crippen LogP contribution is -2.56. The molecule has 1 aromatic heterocycles. The lowest BCUT2D eigenvalue weighted by molar-refractivity contribution is 0.0908. The highest BCUT2D eigenvalue weighted by molar-refractivity contribution is 7.86. The van der Waals surface area contributed by atoms with Crippen molar-refractivity contribution in [2.24, 2.45) is 5.73 Å². The predicted molar refractivity (Wildman–Crippen MR) is 140 cm³/mol. The lowest BCUT2D eigenvalue weighted by atomic mass is 10.0. The Kier molecular flexibility index (Phi) is 14.8. The molecule has 2 fully saturated rings. The molecule has 3 N–H and O–H groups in total. The highest BCUT2D eigenvalue weighted by Gasteiger charge is 2.38. The number of nitrogens with zero attached hydrogens (tertiary/aromatic N) is 3. The van der Waals surface area contributed by atoms with Crippen LogP contribution in [-0.2, 0) is 16.6 Å².